The summed E-state index contributed by atoms with van der Waals surface area (Å²) in [6.07, 6.45) is -0.690. The molecule has 0 saturated heterocycles. The minimum absolute atomic E-state index is 0. The number of hydrogen-bond donors (Lipinski definition) is 2. The van der Waals surface area contributed by atoms with Crippen LogP contribution in [0.4, 0.5) is 5.69 Å². The van der Waals surface area contributed by atoms with E-state index in [2.05, 4.69) is 10.1 Å². The number of amides is 1. The summed E-state index contributed by atoms with van der Waals surface area (Å²) in [4.78, 5) is 22.8. The van der Waals surface area contributed by atoms with Crippen LogP contribution >= 0.6 is 12.4 Å². The minimum atomic E-state index is -0.690. The number of hydrogen-bond acceptors (Lipinski definition) is 5. The van der Waals surface area contributed by atoms with Crippen LogP contribution < -0.4 is 11.1 Å². The van der Waals surface area contributed by atoms with Crippen LogP contribution in [-0.2, 0) is 14.3 Å². The predicted octanol–water partition coefficient (Wildman–Crippen LogP) is 0.807. The van der Waals surface area contributed by atoms with Gasteiger partial charge in [-0.1, -0.05) is 0 Å². The summed E-state index contributed by atoms with van der Waals surface area (Å²) in [5.41, 5.74) is 6.35. The van der Waals surface area contributed by atoms with E-state index in [0.717, 1.165) is 0 Å². The van der Waals surface area contributed by atoms with Crippen molar-refractivity contribution in [3.8, 4) is 0 Å². The lowest BCUT2D eigenvalue weighted by Gasteiger charge is -2.13. The second-order valence-corrected chi connectivity index (χ2v) is 3.52. The summed E-state index contributed by atoms with van der Waals surface area (Å²) in [5.74, 6) is -0.754. The molecule has 1 unspecified atom stereocenters. The molecule has 0 fully saturated rings. The molecule has 0 saturated carbocycles. The van der Waals surface area contributed by atoms with E-state index in [1.807, 2.05) is 0 Å². The zero-order valence-corrected chi connectivity index (χ0v) is 11.5. The van der Waals surface area contributed by atoms with Crippen LogP contribution in [0.5, 0.6) is 0 Å². The van der Waals surface area contributed by atoms with Gasteiger partial charge in [-0.05, 0) is 24.3 Å². The van der Waals surface area contributed by atoms with Crippen LogP contribution in [0.15, 0.2) is 24.3 Å². The molecular weight excluding hydrogens is 272 g/mol. The first-order chi connectivity index (χ1) is 8.62. The smallest absolute Gasteiger partial charge is 0.337 e. The Morgan fingerprint density at radius 2 is 1.84 bits per heavy atom. The van der Waals surface area contributed by atoms with Crippen LogP contribution in [0.1, 0.15) is 10.4 Å². The van der Waals surface area contributed by atoms with Crippen LogP contribution in [0.3, 0.4) is 0 Å². The van der Waals surface area contributed by atoms with Crippen LogP contribution in [-0.4, -0.2) is 38.7 Å². The molecule has 0 heterocycles. The van der Waals surface area contributed by atoms with Gasteiger partial charge in [0.25, 0.3) is 5.91 Å². The number of anilines is 1. The quantitative estimate of drug-likeness (QED) is 0.782. The largest absolute Gasteiger partial charge is 0.465 e. The Bertz CT molecular complexity index is 418. The fourth-order valence-electron chi connectivity index (χ4n) is 1.34. The van der Waals surface area contributed by atoms with E-state index in [1.165, 1.54) is 14.2 Å². The van der Waals surface area contributed by atoms with Gasteiger partial charge in [0.05, 0.1) is 12.7 Å². The van der Waals surface area contributed by atoms with Crippen molar-refractivity contribution in [2.45, 2.75) is 6.10 Å². The molecule has 7 heteroatoms. The van der Waals surface area contributed by atoms with E-state index in [1.54, 1.807) is 24.3 Å². The van der Waals surface area contributed by atoms with Gasteiger partial charge in [0.1, 0.15) is 6.10 Å². The first kappa shape index (κ1) is 17.4. The molecule has 0 bridgehead atoms. The summed E-state index contributed by atoms with van der Waals surface area (Å²) in [6.45, 7) is 0.0998. The van der Waals surface area contributed by atoms with Gasteiger partial charge in [-0.3, -0.25) is 4.79 Å². The molecule has 0 radical (unpaired) electrons. The fourth-order valence-corrected chi connectivity index (χ4v) is 1.34. The van der Waals surface area contributed by atoms with Gasteiger partial charge in [-0.25, -0.2) is 4.79 Å². The molecule has 6 nitrogen and oxygen atoms in total. The van der Waals surface area contributed by atoms with E-state index in [4.69, 9.17) is 10.5 Å². The summed E-state index contributed by atoms with van der Waals surface area (Å²) in [7, 11) is 2.72. The third-order valence-corrected chi connectivity index (χ3v) is 2.36. The first-order valence-corrected chi connectivity index (χ1v) is 5.34. The highest BCUT2D eigenvalue weighted by molar-refractivity contribution is 5.95. The maximum atomic E-state index is 11.6. The van der Waals surface area contributed by atoms with Gasteiger partial charge < -0.3 is 20.5 Å². The number of rotatable bonds is 5. The van der Waals surface area contributed by atoms with Gasteiger partial charge in [-0.2, -0.15) is 0 Å². The lowest BCUT2D eigenvalue weighted by Crippen LogP contribution is -2.35. The molecular formula is C12H17ClN2O4. The molecule has 0 spiro atoms. The van der Waals surface area contributed by atoms with Crippen molar-refractivity contribution >= 4 is 30.0 Å². The maximum absolute atomic E-state index is 11.6. The molecule has 0 aliphatic carbocycles. The predicted molar refractivity (Wildman–Crippen MR) is 73.5 cm³/mol. The fraction of sp³-hybridized carbons (Fsp3) is 0.333. The number of methoxy groups -OCH3 is 2. The van der Waals surface area contributed by atoms with E-state index in [0.29, 0.717) is 11.3 Å². The number of nitrogens with one attached hydrogen (secondary N) is 1. The average molecular weight is 289 g/mol. The van der Waals surface area contributed by atoms with Crippen molar-refractivity contribution < 1.29 is 19.1 Å². The Morgan fingerprint density at radius 3 is 2.26 bits per heavy atom. The third-order valence-electron chi connectivity index (χ3n) is 2.36. The zero-order valence-electron chi connectivity index (χ0n) is 10.7. The van der Waals surface area contributed by atoms with Crippen molar-refractivity contribution in [2.75, 3.05) is 26.1 Å². The standard InChI is InChI=1S/C12H16N2O4.ClH/c1-17-10(7-13)11(15)14-9-5-3-8(4-6-9)12(16)18-2;/h3-6,10H,7,13H2,1-2H3,(H,14,15);1H. The Morgan fingerprint density at radius 1 is 1.26 bits per heavy atom. The Labute approximate surface area is 117 Å². The highest BCUT2D eigenvalue weighted by Crippen LogP contribution is 2.11. The van der Waals surface area contributed by atoms with Crippen molar-refractivity contribution in [1.29, 1.82) is 0 Å². The second-order valence-electron chi connectivity index (χ2n) is 3.52. The van der Waals surface area contributed by atoms with Crippen molar-refractivity contribution in [1.82, 2.24) is 0 Å². The molecule has 1 rings (SSSR count). The molecule has 19 heavy (non-hydrogen) atoms. The monoisotopic (exact) mass is 288 g/mol. The van der Waals surface area contributed by atoms with E-state index in [-0.39, 0.29) is 24.9 Å². The number of nitrogens with two attached hydrogens (primary N) is 1. The summed E-state index contributed by atoms with van der Waals surface area (Å²) >= 11 is 0. The van der Waals surface area contributed by atoms with Crippen molar-refractivity contribution in [3.63, 3.8) is 0 Å². The Balaban J connectivity index is 0.00000324. The second kappa shape index (κ2) is 8.47. The van der Waals surface area contributed by atoms with Gasteiger partial charge in [0.15, 0.2) is 0 Å². The van der Waals surface area contributed by atoms with E-state index >= 15 is 0 Å². The number of esters is 1. The molecule has 0 aromatic heterocycles. The molecule has 0 aliphatic heterocycles. The Kier molecular flexibility index (Phi) is 7.74. The SMILES string of the molecule is COC(=O)c1ccc(NC(=O)C(CN)OC)cc1.Cl. The number of halogens is 1. The maximum Gasteiger partial charge on any atom is 0.337 e. The van der Waals surface area contributed by atoms with E-state index in [9.17, 15) is 9.59 Å². The number of ether oxygens (including phenoxy) is 2. The average Bonchev–Trinajstić information content (AvgIpc) is 2.40. The first-order valence-electron chi connectivity index (χ1n) is 5.34. The number of carbonyl (C=O) groups excluding carboxylic acids is 2. The third kappa shape index (κ3) is 4.86. The Hall–Kier alpha value is -1.63. The highest BCUT2D eigenvalue weighted by atomic mass is 35.5. The van der Waals surface area contributed by atoms with Crippen LogP contribution in [0, 0.1) is 0 Å². The number of benzene rings is 1. The molecule has 106 valence electrons. The topological polar surface area (TPSA) is 90.7 Å². The van der Waals surface area contributed by atoms with Crippen LogP contribution in [0.25, 0.3) is 0 Å². The molecule has 1 atom stereocenters. The molecule has 1 aromatic rings. The van der Waals surface area contributed by atoms with E-state index < -0.39 is 12.1 Å². The van der Waals surface area contributed by atoms with Gasteiger partial charge in [0.2, 0.25) is 0 Å². The van der Waals surface area contributed by atoms with Gasteiger partial charge in [-0.15, -0.1) is 12.4 Å². The minimum Gasteiger partial charge on any atom is -0.465 e. The molecule has 3 N–H and O–H groups in total. The van der Waals surface area contributed by atoms with Crippen molar-refractivity contribution in [3.05, 3.63) is 29.8 Å². The number of carbonyl (C=O) groups is 2. The van der Waals surface area contributed by atoms with Crippen molar-refractivity contribution in [2.24, 2.45) is 5.73 Å². The summed E-state index contributed by atoms with van der Waals surface area (Å²) in [5, 5.41) is 2.63. The molecule has 0 aliphatic rings. The molecule has 1 amide bonds. The normalized spacial score (nSPS) is 11.1. The highest BCUT2D eigenvalue weighted by Gasteiger charge is 2.15. The lowest BCUT2D eigenvalue weighted by atomic mass is 10.2. The van der Waals surface area contributed by atoms with Gasteiger partial charge in [0, 0.05) is 19.3 Å². The van der Waals surface area contributed by atoms with Gasteiger partial charge >= 0.3 is 5.97 Å². The summed E-state index contributed by atoms with van der Waals surface area (Å²) in [6, 6.07) is 6.33. The molecule has 1 aromatic carbocycles. The summed E-state index contributed by atoms with van der Waals surface area (Å²) < 4.78 is 9.47. The van der Waals surface area contributed by atoms with Crippen LogP contribution in [0.2, 0.25) is 0 Å². The lowest BCUT2D eigenvalue weighted by molar-refractivity contribution is -0.125. The zero-order chi connectivity index (χ0) is 13.5.